The summed E-state index contributed by atoms with van der Waals surface area (Å²) in [5.74, 6) is -0.963. The molecule has 0 aliphatic heterocycles. The smallest absolute Gasteiger partial charge is 0.331 e. The van der Waals surface area contributed by atoms with Crippen LogP contribution in [0.5, 0.6) is 0 Å². The summed E-state index contributed by atoms with van der Waals surface area (Å²) in [7, 11) is -2.38. The maximum absolute atomic E-state index is 11.6. The summed E-state index contributed by atoms with van der Waals surface area (Å²) < 4.78 is 10.3. The van der Waals surface area contributed by atoms with Gasteiger partial charge in [-0.2, -0.15) is 0 Å². The molecule has 0 aliphatic rings. The minimum atomic E-state index is -1.19. The lowest BCUT2D eigenvalue weighted by atomic mass is 10.3. The van der Waals surface area contributed by atoms with Crippen molar-refractivity contribution in [3.63, 3.8) is 0 Å². The Morgan fingerprint density at radius 2 is 1.04 bits per heavy atom. The van der Waals surface area contributed by atoms with Gasteiger partial charge in [0, 0.05) is 28.3 Å². The highest BCUT2D eigenvalue weighted by molar-refractivity contribution is 6.77. The second-order valence-corrected chi connectivity index (χ2v) is 20.2. The van der Waals surface area contributed by atoms with Crippen molar-refractivity contribution in [2.45, 2.75) is 77.1 Å². The van der Waals surface area contributed by atoms with E-state index in [2.05, 4.69) is 53.1 Å². The summed E-state index contributed by atoms with van der Waals surface area (Å²) in [5, 5.41) is 0. The van der Waals surface area contributed by atoms with Crippen molar-refractivity contribution in [3.05, 3.63) is 12.2 Å². The average Bonchev–Trinajstić information content (AvgIpc) is 2.42. The van der Waals surface area contributed by atoms with E-state index in [9.17, 15) is 9.59 Å². The Bertz CT molecular complexity index is 393. The molecule has 4 nitrogen and oxygen atoms in total. The van der Waals surface area contributed by atoms with Gasteiger partial charge in [0.1, 0.15) is 0 Å². The molecule has 6 heteroatoms. The van der Waals surface area contributed by atoms with E-state index in [4.69, 9.17) is 9.47 Å². The van der Waals surface area contributed by atoms with Gasteiger partial charge in [0.15, 0.2) is 0 Å². The van der Waals surface area contributed by atoms with Gasteiger partial charge in [-0.15, -0.1) is 0 Å². The number of hydrogen-bond acceptors (Lipinski definition) is 4. The van der Waals surface area contributed by atoms with Gasteiger partial charge in [0.05, 0.1) is 13.2 Å². The predicted octanol–water partition coefficient (Wildman–Crippen LogP) is 4.87. The van der Waals surface area contributed by atoms with E-state index < -0.39 is 28.1 Å². The summed E-state index contributed by atoms with van der Waals surface area (Å²) in [6, 6.07) is 0. The molecule has 0 N–H and O–H groups in total. The summed E-state index contributed by atoms with van der Waals surface area (Å²) in [6.45, 7) is 19.0. The SMILES string of the molecule is CC(CCOC(=O)/C=C/C(=O)OCCC(C)[Si](C)(C)C)[Si](C)(C)C. The van der Waals surface area contributed by atoms with Crippen LogP contribution in [0, 0.1) is 0 Å². The van der Waals surface area contributed by atoms with E-state index in [1.807, 2.05) is 0 Å². The van der Waals surface area contributed by atoms with E-state index in [0.717, 1.165) is 25.0 Å². The fraction of sp³-hybridized carbons (Fsp3) is 0.778. The maximum Gasteiger partial charge on any atom is 0.331 e. The van der Waals surface area contributed by atoms with Crippen LogP contribution in [0.1, 0.15) is 26.7 Å². The first-order valence-corrected chi connectivity index (χ1v) is 16.0. The van der Waals surface area contributed by atoms with E-state index >= 15 is 0 Å². The van der Waals surface area contributed by atoms with Gasteiger partial charge < -0.3 is 9.47 Å². The normalized spacial score (nSPS) is 15.2. The lowest BCUT2D eigenvalue weighted by Crippen LogP contribution is -2.27. The Hall–Kier alpha value is -0.886. The monoisotopic (exact) mass is 372 g/mol. The van der Waals surface area contributed by atoms with Gasteiger partial charge in [0.2, 0.25) is 0 Å². The molecule has 0 saturated heterocycles. The molecular formula is C18H36O4Si2. The Morgan fingerprint density at radius 1 is 0.750 bits per heavy atom. The van der Waals surface area contributed by atoms with Crippen molar-refractivity contribution in [2.24, 2.45) is 0 Å². The third-order valence-electron chi connectivity index (χ3n) is 4.90. The van der Waals surface area contributed by atoms with Crippen LogP contribution < -0.4 is 0 Å². The van der Waals surface area contributed by atoms with Crippen LogP contribution in [0.3, 0.4) is 0 Å². The number of ether oxygens (including phenoxy) is 2. The molecule has 140 valence electrons. The van der Waals surface area contributed by atoms with Gasteiger partial charge >= 0.3 is 11.9 Å². The predicted molar refractivity (Wildman–Crippen MR) is 106 cm³/mol. The van der Waals surface area contributed by atoms with E-state index in [0.29, 0.717) is 24.3 Å². The Morgan fingerprint density at radius 3 is 1.29 bits per heavy atom. The Labute approximate surface area is 150 Å². The van der Waals surface area contributed by atoms with Crippen LogP contribution in [-0.4, -0.2) is 41.3 Å². The third-order valence-corrected chi connectivity index (χ3v) is 11.4. The fourth-order valence-electron chi connectivity index (χ4n) is 1.77. The van der Waals surface area contributed by atoms with Gasteiger partial charge in [-0.3, -0.25) is 0 Å². The number of rotatable bonds is 10. The lowest BCUT2D eigenvalue weighted by Gasteiger charge is -2.24. The fourth-order valence-corrected chi connectivity index (χ4v) is 3.74. The van der Waals surface area contributed by atoms with Crippen molar-refractivity contribution in [3.8, 4) is 0 Å². The van der Waals surface area contributed by atoms with E-state index in [-0.39, 0.29) is 0 Å². The van der Waals surface area contributed by atoms with Crippen molar-refractivity contribution < 1.29 is 19.1 Å². The number of esters is 2. The number of carbonyl (C=O) groups is 2. The summed E-state index contributed by atoms with van der Waals surface area (Å²) in [5.41, 5.74) is 1.18. The highest BCUT2D eigenvalue weighted by atomic mass is 28.3. The van der Waals surface area contributed by atoms with Crippen LogP contribution in [-0.2, 0) is 19.1 Å². The molecule has 0 spiro atoms. The molecule has 0 radical (unpaired) electrons. The molecule has 0 aromatic rings. The minimum absolute atomic E-state index is 0.400. The van der Waals surface area contributed by atoms with Gasteiger partial charge in [-0.05, 0) is 23.9 Å². The molecule has 2 unspecified atom stereocenters. The van der Waals surface area contributed by atoms with E-state index in [1.165, 1.54) is 0 Å². The third kappa shape index (κ3) is 10.8. The molecule has 0 heterocycles. The van der Waals surface area contributed by atoms with Crippen LogP contribution >= 0.6 is 0 Å². The highest BCUT2D eigenvalue weighted by Crippen LogP contribution is 2.25. The molecule has 0 bridgehead atoms. The zero-order chi connectivity index (χ0) is 19.0. The first kappa shape index (κ1) is 23.1. The average molecular weight is 373 g/mol. The van der Waals surface area contributed by atoms with Crippen LogP contribution in [0.25, 0.3) is 0 Å². The number of hydrogen-bond donors (Lipinski definition) is 0. The molecule has 0 saturated carbocycles. The van der Waals surface area contributed by atoms with Crippen molar-refractivity contribution in [1.29, 1.82) is 0 Å². The molecule has 2 atom stereocenters. The van der Waals surface area contributed by atoms with E-state index in [1.54, 1.807) is 0 Å². The summed E-state index contributed by atoms with van der Waals surface area (Å²) in [6.07, 6.45) is 4.05. The minimum Gasteiger partial charge on any atom is -0.463 e. The molecule has 24 heavy (non-hydrogen) atoms. The Kier molecular flexibility index (Phi) is 9.81. The molecule has 0 amide bonds. The lowest BCUT2D eigenvalue weighted by molar-refractivity contribution is -0.140. The quantitative estimate of drug-likeness (QED) is 0.312. The second-order valence-electron chi connectivity index (χ2n) is 8.78. The Balaban J connectivity index is 3.99. The largest absolute Gasteiger partial charge is 0.463 e. The standard InChI is InChI=1S/C18H36O4Si2/c1-15(23(3,4)5)11-13-21-17(19)9-10-18(20)22-14-12-16(2)24(6,7)8/h9-10,15-16H,11-14H2,1-8H3/b10-9+. The topological polar surface area (TPSA) is 52.6 Å². The van der Waals surface area contributed by atoms with Gasteiger partial charge in [-0.25, -0.2) is 9.59 Å². The van der Waals surface area contributed by atoms with Crippen LogP contribution in [0.2, 0.25) is 50.4 Å². The van der Waals surface area contributed by atoms with Crippen LogP contribution in [0.4, 0.5) is 0 Å². The second kappa shape index (κ2) is 10.2. The van der Waals surface area contributed by atoms with Crippen molar-refractivity contribution >= 4 is 28.1 Å². The van der Waals surface area contributed by atoms with Gasteiger partial charge in [0.25, 0.3) is 0 Å². The van der Waals surface area contributed by atoms with Crippen molar-refractivity contribution in [1.82, 2.24) is 0 Å². The molecule has 0 aromatic carbocycles. The molecule has 0 fully saturated rings. The summed E-state index contributed by atoms with van der Waals surface area (Å²) in [4.78, 5) is 23.2. The van der Waals surface area contributed by atoms with Crippen molar-refractivity contribution in [2.75, 3.05) is 13.2 Å². The molecular weight excluding hydrogens is 336 g/mol. The maximum atomic E-state index is 11.6. The van der Waals surface area contributed by atoms with Gasteiger partial charge in [-0.1, -0.05) is 53.1 Å². The molecule has 0 rings (SSSR count). The molecule has 0 aromatic heterocycles. The number of carbonyl (C=O) groups excluding carboxylic acids is 2. The van der Waals surface area contributed by atoms with Crippen LogP contribution in [0.15, 0.2) is 12.2 Å². The first-order chi connectivity index (χ1) is 10.8. The zero-order valence-electron chi connectivity index (χ0n) is 16.8. The molecule has 0 aliphatic carbocycles. The highest BCUT2D eigenvalue weighted by Gasteiger charge is 2.22. The summed E-state index contributed by atoms with van der Waals surface area (Å²) >= 11 is 0. The zero-order valence-corrected chi connectivity index (χ0v) is 18.8. The first-order valence-electron chi connectivity index (χ1n) is 8.85.